The zero-order valence-electron chi connectivity index (χ0n) is 16.8. The lowest BCUT2D eigenvalue weighted by Gasteiger charge is -2.25. The van der Waals surface area contributed by atoms with Gasteiger partial charge in [-0.2, -0.15) is 0 Å². The number of nitrogens with two attached hydrogens (primary N) is 1. The van der Waals surface area contributed by atoms with Crippen LogP contribution in [0.5, 0.6) is 5.88 Å². The van der Waals surface area contributed by atoms with Crippen molar-refractivity contribution in [1.29, 1.82) is 0 Å². The van der Waals surface area contributed by atoms with E-state index in [0.29, 0.717) is 41.5 Å². The molecule has 2 heterocycles. The maximum absolute atomic E-state index is 13.4. The van der Waals surface area contributed by atoms with Crippen LogP contribution in [-0.4, -0.2) is 39.9 Å². The van der Waals surface area contributed by atoms with Gasteiger partial charge in [-0.25, -0.2) is 4.98 Å². The van der Waals surface area contributed by atoms with Crippen LogP contribution in [0.25, 0.3) is 0 Å². The Balaban J connectivity index is 1.42. The number of amides is 2. The number of benzene rings is 1. The molecule has 6 nitrogen and oxygen atoms in total. The molecule has 3 fully saturated rings. The maximum Gasteiger partial charge on any atom is 0.273 e. The van der Waals surface area contributed by atoms with Crippen molar-refractivity contribution in [3.63, 3.8) is 0 Å². The zero-order chi connectivity index (χ0) is 20.7. The Morgan fingerprint density at radius 2 is 1.90 bits per heavy atom. The van der Waals surface area contributed by atoms with Gasteiger partial charge in [-0.15, -0.1) is 11.8 Å². The second-order valence-electron chi connectivity index (χ2n) is 8.36. The molecular weight excluding hydrogens is 398 g/mol. The van der Waals surface area contributed by atoms with Gasteiger partial charge in [-0.05, 0) is 55.2 Å². The van der Waals surface area contributed by atoms with E-state index >= 15 is 0 Å². The van der Waals surface area contributed by atoms with Crippen molar-refractivity contribution < 1.29 is 14.3 Å². The highest BCUT2D eigenvalue weighted by atomic mass is 32.2. The van der Waals surface area contributed by atoms with E-state index in [9.17, 15) is 9.59 Å². The third-order valence-electron chi connectivity index (χ3n) is 6.01. The molecule has 1 aliphatic heterocycles. The Hall–Kier alpha value is -2.54. The van der Waals surface area contributed by atoms with E-state index in [1.165, 1.54) is 12.8 Å². The molecule has 0 bridgehead atoms. The molecule has 1 atom stereocenters. The largest absolute Gasteiger partial charge is 0.477 e. The van der Waals surface area contributed by atoms with Crippen molar-refractivity contribution in [3.8, 4) is 5.88 Å². The smallest absolute Gasteiger partial charge is 0.273 e. The second kappa shape index (κ2) is 7.95. The Bertz CT molecular complexity index is 987. The summed E-state index contributed by atoms with van der Waals surface area (Å²) in [5.74, 6) is 2.43. The maximum atomic E-state index is 13.4. The molecule has 5 rings (SSSR count). The molecule has 7 heteroatoms. The minimum atomic E-state index is -0.474. The summed E-state index contributed by atoms with van der Waals surface area (Å²) in [7, 11) is 0. The molecule has 2 saturated carbocycles. The predicted octanol–water partition coefficient (Wildman–Crippen LogP) is 3.73. The number of rotatable bonds is 7. The van der Waals surface area contributed by atoms with E-state index in [2.05, 4.69) is 4.98 Å². The fourth-order valence-electron chi connectivity index (χ4n) is 3.93. The number of hydrogen-bond acceptors (Lipinski definition) is 5. The van der Waals surface area contributed by atoms with Crippen molar-refractivity contribution in [2.45, 2.75) is 37.6 Å². The summed E-state index contributed by atoms with van der Waals surface area (Å²) in [5, 5.41) is 0. The third kappa shape index (κ3) is 3.90. The number of pyridine rings is 1. The van der Waals surface area contributed by atoms with Crippen LogP contribution >= 0.6 is 11.8 Å². The van der Waals surface area contributed by atoms with Gasteiger partial charge in [0.15, 0.2) is 0 Å². The highest BCUT2D eigenvalue weighted by Gasteiger charge is 2.35. The summed E-state index contributed by atoms with van der Waals surface area (Å²) < 4.78 is 6.03. The number of aromatic nitrogens is 1. The van der Waals surface area contributed by atoms with E-state index in [1.807, 2.05) is 24.3 Å². The minimum Gasteiger partial charge on any atom is -0.477 e. The summed E-state index contributed by atoms with van der Waals surface area (Å²) in [6, 6.07) is 10.9. The van der Waals surface area contributed by atoms with Crippen LogP contribution in [0.15, 0.2) is 36.4 Å². The molecule has 1 aromatic carbocycles. The predicted molar refractivity (Wildman–Crippen MR) is 116 cm³/mol. The fraction of sp³-hybridized carbons (Fsp3) is 0.435. The normalized spacial score (nSPS) is 20.9. The van der Waals surface area contributed by atoms with E-state index in [1.54, 1.807) is 28.8 Å². The molecule has 30 heavy (non-hydrogen) atoms. The Morgan fingerprint density at radius 1 is 1.10 bits per heavy atom. The summed E-state index contributed by atoms with van der Waals surface area (Å²) >= 11 is 1.67. The van der Waals surface area contributed by atoms with E-state index in [-0.39, 0.29) is 11.9 Å². The Morgan fingerprint density at radius 3 is 2.63 bits per heavy atom. The molecule has 1 aromatic heterocycles. The van der Waals surface area contributed by atoms with Crippen LogP contribution in [0.4, 0.5) is 0 Å². The first kappa shape index (κ1) is 19.4. The number of carbonyl (C=O) groups excluding carboxylic acids is 2. The highest BCUT2D eigenvalue weighted by Crippen LogP contribution is 2.44. The molecule has 2 aromatic rings. The number of nitrogens with zero attached hydrogens (tertiary/aromatic N) is 2. The van der Waals surface area contributed by atoms with Crippen LogP contribution in [0.2, 0.25) is 0 Å². The van der Waals surface area contributed by atoms with Crippen molar-refractivity contribution in [2.75, 3.05) is 18.2 Å². The van der Waals surface area contributed by atoms with Gasteiger partial charge in [-0.3, -0.25) is 9.59 Å². The highest BCUT2D eigenvalue weighted by molar-refractivity contribution is 7.99. The van der Waals surface area contributed by atoms with Gasteiger partial charge < -0.3 is 15.4 Å². The van der Waals surface area contributed by atoms with E-state index in [0.717, 1.165) is 29.7 Å². The number of carbonyl (C=O) groups is 2. The van der Waals surface area contributed by atoms with Crippen molar-refractivity contribution in [1.82, 2.24) is 9.88 Å². The molecule has 1 unspecified atom stereocenters. The quantitative estimate of drug-likeness (QED) is 0.733. The van der Waals surface area contributed by atoms with Gasteiger partial charge in [0, 0.05) is 16.9 Å². The lowest BCUT2D eigenvalue weighted by atomic mass is 9.99. The molecule has 2 amide bonds. The number of thioether (sulfide) groups is 1. The average Bonchev–Trinajstić information content (AvgIpc) is 3.70. The second-order valence-corrected chi connectivity index (χ2v) is 9.36. The zero-order valence-corrected chi connectivity index (χ0v) is 17.6. The van der Waals surface area contributed by atoms with E-state index in [4.69, 9.17) is 10.5 Å². The molecular formula is C23H25N3O3S. The van der Waals surface area contributed by atoms with Gasteiger partial charge in [-0.1, -0.05) is 24.3 Å². The van der Waals surface area contributed by atoms with Crippen molar-refractivity contribution in [2.24, 2.45) is 11.7 Å². The molecule has 0 spiro atoms. The monoisotopic (exact) mass is 423 g/mol. The number of hydrogen-bond donors (Lipinski definition) is 1. The standard InChI is InChI=1S/C23H25N3O3S/c24-21(27)18-4-2-1-3-17(18)20-12-30-13-26(20)23(28)19-10-9-16(15-7-8-15)22(25-19)29-11-14-5-6-14/h1-4,9-10,14-15,20H,5-8,11-13H2,(H2,24,27). The fourth-order valence-corrected chi connectivity index (χ4v) is 5.11. The van der Waals surface area contributed by atoms with Gasteiger partial charge in [0.1, 0.15) is 5.69 Å². The topological polar surface area (TPSA) is 85.5 Å². The van der Waals surface area contributed by atoms with Crippen LogP contribution in [0, 0.1) is 5.92 Å². The van der Waals surface area contributed by atoms with Gasteiger partial charge in [0.05, 0.1) is 18.5 Å². The molecule has 3 aliphatic rings. The van der Waals surface area contributed by atoms with E-state index < -0.39 is 5.91 Å². The summed E-state index contributed by atoms with van der Waals surface area (Å²) in [6.07, 6.45) is 4.74. The average molecular weight is 424 g/mol. The van der Waals surface area contributed by atoms with Gasteiger partial charge in [0.25, 0.3) is 5.91 Å². The first-order chi connectivity index (χ1) is 14.6. The minimum absolute atomic E-state index is 0.136. The summed E-state index contributed by atoms with van der Waals surface area (Å²) in [4.78, 5) is 31.7. The van der Waals surface area contributed by atoms with Crippen LogP contribution in [0.1, 0.15) is 69.6 Å². The molecule has 156 valence electrons. The SMILES string of the molecule is NC(=O)c1ccccc1C1CSCN1C(=O)c1ccc(C2CC2)c(OCC2CC2)n1. The Kier molecular flexibility index (Phi) is 5.15. The van der Waals surface area contributed by atoms with Gasteiger partial charge >= 0.3 is 0 Å². The number of primary amides is 1. The third-order valence-corrected chi connectivity index (χ3v) is 7.02. The lowest BCUT2D eigenvalue weighted by Crippen LogP contribution is -2.33. The van der Waals surface area contributed by atoms with Crippen LogP contribution in [0.3, 0.4) is 0 Å². The molecule has 0 radical (unpaired) electrons. The summed E-state index contributed by atoms with van der Waals surface area (Å²) in [5.41, 5.74) is 8.35. The molecule has 1 saturated heterocycles. The summed E-state index contributed by atoms with van der Waals surface area (Å²) in [6.45, 7) is 0.679. The first-order valence-corrected chi connectivity index (χ1v) is 11.7. The number of ether oxygens (including phenoxy) is 1. The Labute approximate surface area is 180 Å². The van der Waals surface area contributed by atoms with Crippen molar-refractivity contribution >= 4 is 23.6 Å². The van der Waals surface area contributed by atoms with Crippen LogP contribution < -0.4 is 10.5 Å². The van der Waals surface area contributed by atoms with Crippen LogP contribution in [-0.2, 0) is 0 Å². The van der Waals surface area contributed by atoms with Gasteiger partial charge in [0.2, 0.25) is 11.8 Å². The molecule has 2 aliphatic carbocycles. The molecule has 2 N–H and O–H groups in total. The first-order valence-electron chi connectivity index (χ1n) is 10.5. The lowest BCUT2D eigenvalue weighted by molar-refractivity contribution is 0.0737. The van der Waals surface area contributed by atoms with Crippen molar-refractivity contribution in [3.05, 3.63) is 58.8 Å².